The highest BCUT2D eigenvalue weighted by atomic mass is 16.6. The number of likely N-dealkylation sites (N-methyl/N-ethyl adjacent to an activating group) is 1. The first kappa shape index (κ1) is 24.8. The van der Waals surface area contributed by atoms with Gasteiger partial charge in [-0.25, -0.2) is 4.79 Å². The van der Waals surface area contributed by atoms with Gasteiger partial charge in [0.15, 0.2) is 6.61 Å². The Bertz CT molecular complexity index is 1050. The van der Waals surface area contributed by atoms with E-state index in [4.69, 9.17) is 14.2 Å². The van der Waals surface area contributed by atoms with E-state index in [-0.39, 0.29) is 25.5 Å². The molecule has 0 saturated carbocycles. The number of benzene rings is 3. The van der Waals surface area contributed by atoms with Crippen LogP contribution in [-0.4, -0.2) is 43.6 Å². The van der Waals surface area contributed by atoms with Crippen molar-refractivity contribution in [1.82, 2.24) is 4.90 Å². The lowest BCUT2D eigenvalue weighted by Gasteiger charge is -2.18. The number of amides is 1. The highest BCUT2D eigenvalue weighted by Crippen LogP contribution is 2.25. The molecule has 0 atom stereocenters. The van der Waals surface area contributed by atoms with Crippen LogP contribution in [0, 0.1) is 0 Å². The quantitative estimate of drug-likeness (QED) is 0.373. The standard InChI is InChI=1S/C28H31NO5/c1-3-32-28(31)21-34-26-17-24(16-25(19-26)33-20-23-12-8-5-9-13-23)18-27(30)29(2)15-14-22-10-6-4-7-11-22/h4-13,16-17,19H,3,14-15,18,20-21H2,1-2H3. The maximum absolute atomic E-state index is 12.9. The first-order valence-corrected chi connectivity index (χ1v) is 11.4. The second-order valence-corrected chi connectivity index (χ2v) is 7.91. The van der Waals surface area contributed by atoms with Crippen molar-refractivity contribution < 1.29 is 23.8 Å². The van der Waals surface area contributed by atoms with Gasteiger partial charge < -0.3 is 19.1 Å². The highest BCUT2D eigenvalue weighted by molar-refractivity contribution is 5.79. The summed E-state index contributed by atoms with van der Waals surface area (Å²) in [6.45, 7) is 2.83. The van der Waals surface area contributed by atoms with E-state index in [1.54, 1.807) is 31.0 Å². The second kappa shape index (κ2) is 13.0. The average molecular weight is 462 g/mol. The topological polar surface area (TPSA) is 65.1 Å². The zero-order chi connectivity index (χ0) is 24.2. The molecule has 0 spiro atoms. The number of esters is 1. The fourth-order valence-electron chi connectivity index (χ4n) is 3.36. The molecule has 0 aliphatic rings. The summed E-state index contributed by atoms with van der Waals surface area (Å²) in [5, 5.41) is 0. The van der Waals surface area contributed by atoms with Crippen LogP contribution in [0.25, 0.3) is 0 Å². The van der Waals surface area contributed by atoms with Crippen LogP contribution in [0.3, 0.4) is 0 Å². The summed E-state index contributed by atoms with van der Waals surface area (Å²) in [6, 6.07) is 25.2. The van der Waals surface area contributed by atoms with Crippen molar-refractivity contribution in [2.45, 2.75) is 26.4 Å². The predicted molar refractivity (Wildman–Crippen MR) is 131 cm³/mol. The van der Waals surface area contributed by atoms with Gasteiger partial charge in [-0.2, -0.15) is 0 Å². The van der Waals surface area contributed by atoms with E-state index in [0.717, 1.165) is 17.5 Å². The van der Waals surface area contributed by atoms with Gasteiger partial charge in [0.25, 0.3) is 0 Å². The van der Waals surface area contributed by atoms with Gasteiger partial charge in [-0.05, 0) is 42.2 Å². The molecule has 34 heavy (non-hydrogen) atoms. The van der Waals surface area contributed by atoms with Crippen molar-refractivity contribution in [2.24, 2.45) is 0 Å². The molecule has 0 unspecified atom stereocenters. The molecular weight excluding hydrogens is 430 g/mol. The van der Waals surface area contributed by atoms with Gasteiger partial charge in [-0.3, -0.25) is 4.79 Å². The Kier molecular flexibility index (Phi) is 9.52. The molecule has 0 heterocycles. The highest BCUT2D eigenvalue weighted by Gasteiger charge is 2.13. The van der Waals surface area contributed by atoms with Crippen LogP contribution in [-0.2, 0) is 33.8 Å². The van der Waals surface area contributed by atoms with Crippen LogP contribution in [0.1, 0.15) is 23.6 Å². The second-order valence-electron chi connectivity index (χ2n) is 7.91. The number of carbonyl (C=O) groups is 2. The van der Waals surface area contributed by atoms with Gasteiger partial charge >= 0.3 is 5.97 Å². The van der Waals surface area contributed by atoms with Gasteiger partial charge in [0.2, 0.25) is 5.91 Å². The molecule has 0 aliphatic carbocycles. The van der Waals surface area contributed by atoms with Crippen LogP contribution >= 0.6 is 0 Å². The van der Waals surface area contributed by atoms with E-state index in [0.29, 0.717) is 24.7 Å². The maximum Gasteiger partial charge on any atom is 0.344 e. The lowest BCUT2D eigenvalue weighted by molar-refractivity contribution is -0.145. The van der Waals surface area contributed by atoms with Crippen molar-refractivity contribution in [3.63, 3.8) is 0 Å². The Labute approximate surface area is 201 Å². The molecule has 1 amide bonds. The zero-order valence-corrected chi connectivity index (χ0v) is 19.7. The first-order chi connectivity index (χ1) is 16.5. The summed E-state index contributed by atoms with van der Waals surface area (Å²) in [4.78, 5) is 26.3. The minimum atomic E-state index is -0.448. The number of rotatable bonds is 12. The molecule has 0 aliphatic heterocycles. The number of hydrogen-bond donors (Lipinski definition) is 0. The smallest absolute Gasteiger partial charge is 0.344 e. The molecular formula is C28H31NO5. The van der Waals surface area contributed by atoms with Gasteiger partial charge in [0, 0.05) is 19.7 Å². The summed E-state index contributed by atoms with van der Waals surface area (Å²) in [5.74, 6) is 0.567. The number of nitrogens with zero attached hydrogens (tertiary/aromatic N) is 1. The first-order valence-electron chi connectivity index (χ1n) is 11.4. The van der Waals surface area contributed by atoms with E-state index < -0.39 is 5.97 Å². The van der Waals surface area contributed by atoms with Crippen LogP contribution < -0.4 is 9.47 Å². The third kappa shape index (κ3) is 8.28. The monoisotopic (exact) mass is 461 g/mol. The molecule has 0 bridgehead atoms. The van der Waals surface area contributed by atoms with E-state index in [1.165, 1.54) is 5.56 Å². The van der Waals surface area contributed by atoms with Gasteiger partial charge in [-0.1, -0.05) is 60.7 Å². The molecule has 3 rings (SSSR count). The van der Waals surface area contributed by atoms with Gasteiger partial charge in [0.1, 0.15) is 18.1 Å². The van der Waals surface area contributed by atoms with E-state index in [9.17, 15) is 9.59 Å². The SMILES string of the molecule is CCOC(=O)COc1cc(CC(=O)N(C)CCc2ccccc2)cc(OCc2ccccc2)c1. The number of ether oxygens (including phenoxy) is 3. The lowest BCUT2D eigenvalue weighted by Crippen LogP contribution is -2.30. The van der Waals surface area contributed by atoms with Crippen molar-refractivity contribution in [3.05, 3.63) is 95.6 Å². The minimum absolute atomic E-state index is 0.00696. The molecule has 3 aromatic carbocycles. The van der Waals surface area contributed by atoms with Crippen molar-refractivity contribution >= 4 is 11.9 Å². The van der Waals surface area contributed by atoms with Gasteiger partial charge in [-0.15, -0.1) is 0 Å². The Morgan fingerprint density at radius 2 is 1.41 bits per heavy atom. The Hall–Kier alpha value is -3.80. The third-order valence-corrected chi connectivity index (χ3v) is 5.21. The summed E-state index contributed by atoms with van der Waals surface area (Å²) in [6.07, 6.45) is 0.987. The van der Waals surface area contributed by atoms with Crippen LogP contribution in [0.15, 0.2) is 78.9 Å². The van der Waals surface area contributed by atoms with Crippen molar-refractivity contribution in [2.75, 3.05) is 26.8 Å². The molecule has 0 saturated heterocycles. The molecule has 0 N–H and O–H groups in total. The summed E-state index contributed by atoms with van der Waals surface area (Å²) < 4.78 is 16.5. The molecule has 6 heteroatoms. The van der Waals surface area contributed by atoms with E-state index in [1.807, 2.05) is 54.6 Å². The van der Waals surface area contributed by atoms with Crippen LogP contribution in [0.2, 0.25) is 0 Å². The summed E-state index contributed by atoms with van der Waals surface area (Å²) in [5.41, 5.74) is 2.97. The minimum Gasteiger partial charge on any atom is -0.489 e. The lowest BCUT2D eigenvalue weighted by atomic mass is 10.1. The zero-order valence-electron chi connectivity index (χ0n) is 19.7. The van der Waals surface area contributed by atoms with E-state index >= 15 is 0 Å². The number of carbonyl (C=O) groups excluding carboxylic acids is 2. The molecule has 0 aromatic heterocycles. The summed E-state index contributed by atoms with van der Waals surface area (Å²) in [7, 11) is 1.80. The molecule has 6 nitrogen and oxygen atoms in total. The third-order valence-electron chi connectivity index (χ3n) is 5.21. The van der Waals surface area contributed by atoms with Crippen molar-refractivity contribution in [3.8, 4) is 11.5 Å². The van der Waals surface area contributed by atoms with Gasteiger partial charge in [0.05, 0.1) is 13.0 Å². The normalized spacial score (nSPS) is 10.4. The summed E-state index contributed by atoms with van der Waals surface area (Å²) >= 11 is 0. The molecule has 0 radical (unpaired) electrons. The predicted octanol–water partition coefficient (Wildman–Crippen LogP) is 4.45. The fraction of sp³-hybridized carbons (Fsp3) is 0.286. The Balaban J connectivity index is 1.66. The van der Waals surface area contributed by atoms with Crippen molar-refractivity contribution in [1.29, 1.82) is 0 Å². The Morgan fingerprint density at radius 3 is 2.06 bits per heavy atom. The van der Waals surface area contributed by atoms with Crippen LogP contribution in [0.5, 0.6) is 11.5 Å². The largest absolute Gasteiger partial charge is 0.489 e. The number of hydrogen-bond acceptors (Lipinski definition) is 5. The van der Waals surface area contributed by atoms with E-state index in [2.05, 4.69) is 12.1 Å². The maximum atomic E-state index is 12.9. The fourth-order valence-corrected chi connectivity index (χ4v) is 3.36. The molecule has 3 aromatic rings. The molecule has 178 valence electrons. The molecule has 0 fully saturated rings. The average Bonchev–Trinajstić information content (AvgIpc) is 2.86. The Morgan fingerprint density at radius 1 is 0.794 bits per heavy atom. The van der Waals surface area contributed by atoms with Crippen LogP contribution in [0.4, 0.5) is 0 Å².